The molecule has 0 unspecified atom stereocenters. The molecule has 2 aromatic rings. The Morgan fingerprint density at radius 2 is 1.27 bits per heavy atom. The molecule has 26 heavy (non-hydrogen) atoms. The van der Waals surface area contributed by atoms with Crippen molar-refractivity contribution in [3.63, 3.8) is 0 Å². The van der Waals surface area contributed by atoms with Crippen LogP contribution in [0, 0.1) is 0 Å². The van der Waals surface area contributed by atoms with Gasteiger partial charge in [-0.2, -0.15) is 4.31 Å². The maximum absolute atomic E-state index is 12.9. The van der Waals surface area contributed by atoms with Gasteiger partial charge in [0, 0.05) is 48.4 Å². The van der Waals surface area contributed by atoms with Crippen LogP contribution in [0.25, 0.3) is 0 Å². The topological polar surface area (TPSA) is 124 Å². The first kappa shape index (κ1) is 18.4. The number of rotatable bonds is 6. The third-order valence-corrected chi connectivity index (χ3v) is 6.19. The van der Waals surface area contributed by atoms with Crippen LogP contribution in [-0.2, 0) is 10.0 Å². The molecule has 0 heterocycles. The Labute approximate surface area is 151 Å². The number of fused-ring (bicyclic) bond motifs is 2. The summed E-state index contributed by atoms with van der Waals surface area (Å²) in [6.45, 7) is 0.530. The Bertz CT molecular complexity index is 980. The summed E-state index contributed by atoms with van der Waals surface area (Å²) >= 11 is 0. The number of hydrogen-bond acceptors (Lipinski definition) is 6. The third kappa shape index (κ3) is 2.97. The molecule has 1 aliphatic carbocycles. The summed E-state index contributed by atoms with van der Waals surface area (Å²) in [6, 6.07) is 10.5. The minimum absolute atomic E-state index is 0.0568. The van der Waals surface area contributed by atoms with Crippen LogP contribution >= 0.6 is 0 Å². The zero-order valence-electron chi connectivity index (χ0n) is 14.0. The summed E-state index contributed by atoms with van der Waals surface area (Å²) in [7, 11) is -3.87. The molecule has 1 aliphatic rings. The van der Waals surface area contributed by atoms with Crippen LogP contribution in [0.4, 0.5) is 0 Å². The van der Waals surface area contributed by atoms with Gasteiger partial charge in [0.15, 0.2) is 11.6 Å². The fraction of sp³-hybridized carbons (Fsp3) is 0.222. The molecule has 0 aliphatic heterocycles. The molecule has 0 saturated carbocycles. The van der Waals surface area contributed by atoms with Gasteiger partial charge in [0.25, 0.3) is 0 Å². The van der Waals surface area contributed by atoms with Gasteiger partial charge < -0.3 is 11.5 Å². The SMILES string of the molecule is NCCN(CCN)S(=O)(=O)c1ccc2c(c1)C(=O)c1ccccc1C2=O. The van der Waals surface area contributed by atoms with Crippen LogP contribution in [-0.4, -0.2) is 50.5 Å². The van der Waals surface area contributed by atoms with Crippen LogP contribution in [0.5, 0.6) is 0 Å². The number of carbonyl (C=O) groups excluding carboxylic acids is 2. The fourth-order valence-electron chi connectivity index (χ4n) is 3.03. The van der Waals surface area contributed by atoms with E-state index in [0.717, 1.165) is 0 Å². The molecule has 0 aromatic heterocycles. The maximum Gasteiger partial charge on any atom is 0.243 e. The lowest BCUT2D eigenvalue weighted by Gasteiger charge is -2.22. The molecule has 0 fully saturated rings. The van der Waals surface area contributed by atoms with Crippen molar-refractivity contribution in [3.05, 3.63) is 64.7 Å². The number of carbonyl (C=O) groups is 2. The zero-order valence-corrected chi connectivity index (χ0v) is 14.8. The Morgan fingerprint density at radius 1 is 0.769 bits per heavy atom. The summed E-state index contributed by atoms with van der Waals surface area (Å²) < 4.78 is 26.9. The van der Waals surface area contributed by atoms with Crippen molar-refractivity contribution in [1.82, 2.24) is 4.31 Å². The molecular formula is C18H19N3O4S. The molecule has 0 amide bonds. The summed E-state index contributed by atoms with van der Waals surface area (Å²) in [6.07, 6.45) is 0. The average molecular weight is 373 g/mol. The molecule has 136 valence electrons. The van der Waals surface area contributed by atoms with E-state index < -0.39 is 10.0 Å². The Kier molecular flexibility index (Phi) is 5.01. The predicted molar refractivity (Wildman–Crippen MR) is 96.6 cm³/mol. The van der Waals surface area contributed by atoms with E-state index in [2.05, 4.69) is 0 Å². The van der Waals surface area contributed by atoms with Gasteiger partial charge in [-0.1, -0.05) is 24.3 Å². The average Bonchev–Trinajstić information content (AvgIpc) is 2.65. The molecular weight excluding hydrogens is 354 g/mol. The maximum atomic E-state index is 12.9. The normalized spacial score (nSPS) is 13.7. The third-order valence-electron chi connectivity index (χ3n) is 4.29. The van der Waals surface area contributed by atoms with Crippen molar-refractivity contribution in [2.45, 2.75) is 4.90 Å². The molecule has 0 radical (unpaired) electrons. The van der Waals surface area contributed by atoms with Gasteiger partial charge in [0.2, 0.25) is 10.0 Å². The number of nitrogens with two attached hydrogens (primary N) is 2. The molecule has 3 rings (SSSR count). The molecule has 8 heteroatoms. The molecule has 0 atom stereocenters. The van der Waals surface area contributed by atoms with E-state index >= 15 is 0 Å². The second-order valence-electron chi connectivity index (χ2n) is 5.89. The lowest BCUT2D eigenvalue weighted by molar-refractivity contribution is 0.0979. The highest BCUT2D eigenvalue weighted by Gasteiger charge is 2.32. The number of hydrogen-bond donors (Lipinski definition) is 2. The van der Waals surface area contributed by atoms with E-state index in [1.165, 1.54) is 22.5 Å². The summed E-state index contributed by atoms with van der Waals surface area (Å²) in [5, 5.41) is 0. The second kappa shape index (κ2) is 7.08. The van der Waals surface area contributed by atoms with Crippen LogP contribution in [0.1, 0.15) is 31.8 Å². The van der Waals surface area contributed by atoms with Gasteiger partial charge in [-0.05, 0) is 18.2 Å². The van der Waals surface area contributed by atoms with E-state index in [1.54, 1.807) is 24.3 Å². The molecule has 2 aromatic carbocycles. The second-order valence-corrected chi connectivity index (χ2v) is 7.83. The lowest BCUT2D eigenvalue weighted by Crippen LogP contribution is -2.38. The molecule has 7 nitrogen and oxygen atoms in total. The highest BCUT2D eigenvalue weighted by atomic mass is 32.2. The zero-order chi connectivity index (χ0) is 18.9. The van der Waals surface area contributed by atoms with Gasteiger partial charge >= 0.3 is 0 Å². The van der Waals surface area contributed by atoms with Gasteiger partial charge in [0.1, 0.15) is 0 Å². The largest absolute Gasteiger partial charge is 0.329 e. The van der Waals surface area contributed by atoms with E-state index in [-0.39, 0.29) is 59.3 Å². The Hall–Kier alpha value is -2.39. The number of benzene rings is 2. The van der Waals surface area contributed by atoms with E-state index in [1.807, 2.05) is 0 Å². The summed E-state index contributed by atoms with van der Waals surface area (Å²) in [5.74, 6) is -0.656. The minimum atomic E-state index is -3.87. The van der Waals surface area contributed by atoms with Crippen LogP contribution in [0.3, 0.4) is 0 Å². The first-order valence-corrected chi connectivity index (χ1v) is 9.58. The van der Waals surface area contributed by atoms with Crippen LogP contribution < -0.4 is 11.5 Å². The van der Waals surface area contributed by atoms with E-state index in [4.69, 9.17) is 11.5 Å². The first-order valence-electron chi connectivity index (χ1n) is 8.14. The summed E-state index contributed by atoms with van der Waals surface area (Å²) in [4.78, 5) is 25.3. The number of nitrogens with zero attached hydrogens (tertiary/aromatic N) is 1. The van der Waals surface area contributed by atoms with Crippen LogP contribution in [0.2, 0.25) is 0 Å². The van der Waals surface area contributed by atoms with E-state index in [0.29, 0.717) is 5.56 Å². The smallest absolute Gasteiger partial charge is 0.243 e. The van der Waals surface area contributed by atoms with Crippen molar-refractivity contribution >= 4 is 21.6 Å². The Balaban J connectivity index is 2.09. The van der Waals surface area contributed by atoms with Gasteiger partial charge in [-0.3, -0.25) is 9.59 Å². The predicted octanol–water partition coefficient (Wildman–Crippen LogP) is 0.370. The summed E-state index contributed by atoms with van der Waals surface area (Å²) in [5.41, 5.74) is 11.9. The number of ketones is 2. The standard InChI is InChI=1S/C18H19N3O4S/c19-7-9-21(10-8-20)26(24,25)12-5-6-15-16(11-12)18(23)14-4-2-1-3-13(14)17(15)22/h1-6,11H,7-10,19-20H2. The quantitative estimate of drug-likeness (QED) is 0.643. The van der Waals surface area contributed by atoms with Gasteiger partial charge in [0.05, 0.1) is 4.90 Å². The van der Waals surface area contributed by atoms with E-state index in [9.17, 15) is 18.0 Å². The van der Waals surface area contributed by atoms with Gasteiger partial charge in [-0.15, -0.1) is 0 Å². The molecule has 4 N–H and O–H groups in total. The van der Waals surface area contributed by atoms with Crippen molar-refractivity contribution in [2.24, 2.45) is 11.5 Å². The van der Waals surface area contributed by atoms with Crippen molar-refractivity contribution < 1.29 is 18.0 Å². The van der Waals surface area contributed by atoms with Crippen LogP contribution in [0.15, 0.2) is 47.4 Å². The van der Waals surface area contributed by atoms with Gasteiger partial charge in [-0.25, -0.2) is 8.42 Å². The minimum Gasteiger partial charge on any atom is -0.329 e. The fourth-order valence-corrected chi connectivity index (χ4v) is 4.52. The Morgan fingerprint density at radius 3 is 1.81 bits per heavy atom. The highest BCUT2D eigenvalue weighted by Crippen LogP contribution is 2.29. The molecule has 0 saturated heterocycles. The van der Waals surface area contributed by atoms with Crippen molar-refractivity contribution in [1.29, 1.82) is 0 Å². The van der Waals surface area contributed by atoms with Crippen molar-refractivity contribution in [2.75, 3.05) is 26.2 Å². The molecule has 0 bridgehead atoms. The van der Waals surface area contributed by atoms with Crippen molar-refractivity contribution in [3.8, 4) is 0 Å². The lowest BCUT2D eigenvalue weighted by atomic mass is 9.84. The number of sulfonamides is 1. The molecule has 0 spiro atoms. The first-order chi connectivity index (χ1) is 12.4. The highest BCUT2D eigenvalue weighted by molar-refractivity contribution is 7.89. The monoisotopic (exact) mass is 373 g/mol.